The lowest BCUT2D eigenvalue weighted by Gasteiger charge is -2.39. The first kappa shape index (κ1) is 24.7. The Morgan fingerprint density at radius 2 is 0.737 bits per heavy atom. The molecule has 0 saturated carbocycles. The Morgan fingerprint density at radius 1 is 0.368 bits per heavy atom. The zero-order valence-electron chi connectivity index (χ0n) is 21.1. The van der Waals surface area contributed by atoms with E-state index in [1.807, 2.05) is 0 Å². The third kappa shape index (κ3) is 5.33. The Hall–Kier alpha value is -3.60. The van der Waals surface area contributed by atoms with Crippen LogP contribution >= 0.6 is 16.1 Å². The molecule has 0 bridgehead atoms. The summed E-state index contributed by atoms with van der Waals surface area (Å²) in [6, 6.07) is 59.8. The van der Waals surface area contributed by atoms with E-state index in [1.54, 1.807) is 0 Å². The van der Waals surface area contributed by atoms with Crippen LogP contribution in [0, 0.1) is 0 Å². The zero-order chi connectivity index (χ0) is 25.6. The van der Waals surface area contributed by atoms with Crippen molar-refractivity contribution in [1.29, 1.82) is 0 Å². The van der Waals surface area contributed by atoms with E-state index < -0.39 is 16.1 Å². The van der Waals surface area contributed by atoms with Crippen molar-refractivity contribution in [3.8, 4) is 0 Å². The molecule has 0 heterocycles. The molecule has 0 unspecified atom stereocenters. The number of fused-ring (bicyclic) bond motifs is 1. The van der Waals surface area contributed by atoms with Crippen LogP contribution in [0.5, 0.6) is 0 Å². The molecule has 0 aromatic heterocycles. The van der Waals surface area contributed by atoms with E-state index in [2.05, 4.69) is 168 Å². The fourth-order valence-corrected chi connectivity index (χ4v) is 10.9. The first-order valence-electron chi connectivity index (χ1n) is 12.9. The van der Waals surface area contributed by atoms with Crippen molar-refractivity contribution in [3.63, 3.8) is 0 Å². The minimum Gasteiger partial charge on any atom is -0.240 e. The lowest BCUT2D eigenvalue weighted by atomic mass is 10.1. The molecule has 0 saturated heterocycles. The van der Waals surface area contributed by atoms with Gasteiger partial charge in [-0.3, -0.25) is 0 Å². The quantitative estimate of drug-likeness (QED) is 0.184. The summed E-state index contributed by atoms with van der Waals surface area (Å²) in [7, 11) is -1.64. The normalized spacial score (nSPS) is 11.4. The maximum atomic E-state index is 2.81. The Labute approximate surface area is 228 Å². The third-order valence-corrected chi connectivity index (χ3v) is 12.1. The van der Waals surface area contributed by atoms with Crippen LogP contribution in [0.2, 0.25) is 0 Å². The summed E-state index contributed by atoms with van der Waals surface area (Å²) in [5.41, 5.74) is 1.36. The lowest BCUT2D eigenvalue weighted by Crippen LogP contribution is -2.31. The second-order valence-electron chi connectivity index (χ2n) is 9.13. The summed E-state index contributed by atoms with van der Waals surface area (Å²) in [5, 5.41) is 8.09. The van der Waals surface area contributed by atoms with Crippen molar-refractivity contribution in [3.05, 3.63) is 169 Å². The molecule has 0 aliphatic carbocycles. The molecule has 3 heteroatoms. The highest BCUT2D eigenvalue weighted by Crippen LogP contribution is 2.55. The van der Waals surface area contributed by atoms with E-state index in [-0.39, 0.29) is 0 Å². The Kier molecular flexibility index (Phi) is 7.71. The molecular formula is C35H29NP2. The molecular weight excluding hydrogens is 496 g/mol. The molecule has 0 fully saturated rings. The molecule has 6 aromatic rings. The molecule has 6 aromatic carbocycles. The van der Waals surface area contributed by atoms with Gasteiger partial charge in [-0.05, 0) is 37.6 Å². The Bertz CT molecular complexity index is 1420. The predicted molar refractivity (Wildman–Crippen MR) is 168 cm³/mol. The maximum Gasteiger partial charge on any atom is 0.0331 e. The largest absolute Gasteiger partial charge is 0.240 e. The average Bonchev–Trinajstić information content (AvgIpc) is 3.00. The summed E-state index contributed by atoms with van der Waals surface area (Å²) in [6.07, 6.45) is 0. The number of nitrogens with zero attached hydrogens (tertiary/aromatic N) is 1. The van der Waals surface area contributed by atoms with Gasteiger partial charge in [-0.15, -0.1) is 0 Å². The standard InChI is InChI=1S/C35H29NP2/c1-5-19-31(20-6-1)37(32-21-7-2-8-22-32)36(28-30-18-15-17-29-16-13-14-27-35(29)30)38(33-23-9-3-10-24-33)34-25-11-4-12-26-34/h1-27H,28H2. The van der Waals surface area contributed by atoms with Gasteiger partial charge in [-0.1, -0.05) is 164 Å². The molecule has 6 rings (SSSR count). The molecule has 0 N–H and O–H groups in total. The Balaban J connectivity index is 1.60. The molecule has 0 aliphatic rings. The van der Waals surface area contributed by atoms with Gasteiger partial charge in [0.15, 0.2) is 0 Å². The second-order valence-corrected chi connectivity index (χ2v) is 13.7. The fraction of sp³-hybridized carbons (Fsp3) is 0.0286. The van der Waals surface area contributed by atoms with Crippen molar-refractivity contribution in [1.82, 2.24) is 4.44 Å². The summed E-state index contributed by atoms with van der Waals surface area (Å²) in [4.78, 5) is 0. The van der Waals surface area contributed by atoms with Crippen LogP contribution < -0.4 is 21.2 Å². The third-order valence-electron chi connectivity index (χ3n) is 6.66. The summed E-state index contributed by atoms with van der Waals surface area (Å²) in [6.45, 7) is 0.854. The minimum atomic E-state index is -0.818. The van der Waals surface area contributed by atoms with E-state index in [9.17, 15) is 0 Å². The van der Waals surface area contributed by atoms with Gasteiger partial charge in [-0.25, -0.2) is 4.44 Å². The van der Waals surface area contributed by atoms with Crippen LogP contribution in [-0.2, 0) is 6.54 Å². The lowest BCUT2D eigenvalue weighted by molar-refractivity contribution is 0.722. The van der Waals surface area contributed by atoms with Gasteiger partial charge in [0.05, 0.1) is 0 Å². The molecule has 0 aliphatic heterocycles. The Morgan fingerprint density at radius 3 is 1.18 bits per heavy atom. The van der Waals surface area contributed by atoms with Gasteiger partial charge in [0.25, 0.3) is 0 Å². The van der Waals surface area contributed by atoms with Gasteiger partial charge in [0.1, 0.15) is 0 Å². The first-order valence-corrected chi connectivity index (χ1v) is 15.5. The van der Waals surface area contributed by atoms with E-state index in [0.717, 1.165) is 6.54 Å². The minimum absolute atomic E-state index is 0.818. The van der Waals surface area contributed by atoms with Crippen molar-refractivity contribution in [2.24, 2.45) is 0 Å². The maximum absolute atomic E-state index is 2.81. The number of hydrogen-bond donors (Lipinski definition) is 0. The number of rotatable bonds is 8. The van der Waals surface area contributed by atoms with Crippen molar-refractivity contribution in [2.75, 3.05) is 0 Å². The SMILES string of the molecule is c1ccc(P(c2ccccc2)N(Cc2cccc3ccccc23)P(c2ccccc2)c2ccccc2)cc1. The van der Waals surface area contributed by atoms with Crippen LogP contribution in [0.15, 0.2) is 164 Å². The highest BCUT2D eigenvalue weighted by Gasteiger charge is 2.32. The van der Waals surface area contributed by atoms with Gasteiger partial charge in [-0.2, -0.15) is 0 Å². The summed E-state index contributed by atoms with van der Waals surface area (Å²) >= 11 is 0. The second kappa shape index (κ2) is 11.8. The van der Waals surface area contributed by atoms with Gasteiger partial charge in [0.2, 0.25) is 0 Å². The molecule has 0 radical (unpaired) electrons. The van der Waals surface area contributed by atoms with Crippen LogP contribution in [-0.4, -0.2) is 4.44 Å². The molecule has 1 nitrogen and oxygen atoms in total. The smallest absolute Gasteiger partial charge is 0.0331 e. The van der Waals surface area contributed by atoms with E-state index in [1.165, 1.54) is 37.6 Å². The van der Waals surface area contributed by atoms with Crippen LogP contribution in [0.1, 0.15) is 5.56 Å². The highest BCUT2D eigenvalue weighted by atomic mass is 31.2. The molecule has 0 amide bonds. The summed E-state index contributed by atoms with van der Waals surface area (Å²) in [5.74, 6) is 0. The predicted octanol–water partition coefficient (Wildman–Crippen LogP) is 7.74. The topological polar surface area (TPSA) is 3.24 Å². The van der Waals surface area contributed by atoms with Crippen LogP contribution in [0.4, 0.5) is 0 Å². The van der Waals surface area contributed by atoms with Crippen LogP contribution in [0.3, 0.4) is 0 Å². The monoisotopic (exact) mass is 525 g/mol. The van der Waals surface area contributed by atoms with E-state index in [4.69, 9.17) is 0 Å². The summed E-state index contributed by atoms with van der Waals surface area (Å²) < 4.78 is 2.81. The van der Waals surface area contributed by atoms with Crippen molar-refractivity contribution >= 4 is 48.1 Å². The molecule has 38 heavy (non-hydrogen) atoms. The average molecular weight is 526 g/mol. The zero-order valence-corrected chi connectivity index (χ0v) is 22.9. The van der Waals surface area contributed by atoms with Crippen molar-refractivity contribution < 1.29 is 0 Å². The van der Waals surface area contributed by atoms with Gasteiger partial charge >= 0.3 is 0 Å². The number of benzene rings is 6. The van der Waals surface area contributed by atoms with Crippen LogP contribution in [0.25, 0.3) is 10.8 Å². The van der Waals surface area contributed by atoms with Crippen molar-refractivity contribution in [2.45, 2.75) is 6.54 Å². The van der Waals surface area contributed by atoms with Gasteiger partial charge < -0.3 is 0 Å². The molecule has 184 valence electrons. The molecule has 0 spiro atoms. The van der Waals surface area contributed by atoms with Gasteiger partial charge in [0, 0.05) is 22.7 Å². The fourth-order valence-electron chi connectivity index (χ4n) is 4.92. The van der Waals surface area contributed by atoms with E-state index >= 15 is 0 Å². The highest BCUT2D eigenvalue weighted by molar-refractivity contribution is 7.84. The first-order chi connectivity index (χ1) is 18.9. The van der Waals surface area contributed by atoms with E-state index in [0.29, 0.717) is 0 Å². The number of hydrogen-bond acceptors (Lipinski definition) is 1. The molecule has 0 atom stereocenters.